The van der Waals surface area contributed by atoms with Crippen LogP contribution in [0.1, 0.15) is 22.3 Å². The molecule has 0 unspecified atom stereocenters. The number of amides is 3. The van der Waals surface area contributed by atoms with Crippen molar-refractivity contribution < 1.29 is 27.9 Å². The molecule has 0 radical (unpaired) electrons. The molecule has 0 aliphatic heterocycles. The first kappa shape index (κ1) is 26.0. The maximum Gasteiger partial charge on any atom is 0.323 e. The molecule has 2 aromatic carbocycles. The summed E-state index contributed by atoms with van der Waals surface area (Å²) in [5.74, 6) is -1.48. The molecule has 4 aromatic rings. The summed E-state index contributed by atoms with van der Waals surface area (Å²) < 4.78 is 34.3. The number of hydrogen-bond donors (Lipinski definition) is 4. The lowest BCUT2D eigenvalue weighted by Crippen LogP contribution is -2.24. The van der Waals surface area contributed by atoms with E-state index < -0.39 is 17.7 Å². The van der Waals surface area contributed by atoms with E-state index in [0.29, 0.717) is 17.0 Å². The number of aryl methyl sites for hydroxylation is 1. The minimum Gasteiger partial charge on any atom is -0.454 e. The molecule has 0 aliphatic carbocycles. The Balaban J connectivity index is 1.40. The van der Waals surface area contributed by atoms with E-state index >= 15 is 0 Å². The quantitative estimate of drug-likeness (QED) is 0.174. The molecule has 0 spiro atoms. The van der Waals surface area contributed by atoms with Gasteiger partial charge in [-0.3, -0.25) is 9.78 Å². The second-order valence-electron chi connectivity index (χ2n) is 8.20. The molecule has 2 heterocycles. The lowest BCUT2D eigenvalue weighted by molar-refractivity contribution is -0.107. The smallest absolute Gasteiger partial charge is 0.323 e. The third kappa shape index (κ3) is 6.58. The topological polar surface area (TPSA) is 125 Å². The number of urea groups is 1. The Labute approximate surface area is 216 Å². The molecule has 9 nitrogen and oxygen atoms in total. The fourth-order valence-electron chi connectivity index (χ4n) is 3.45. The van der Waals surface area contributed by atoms with Crippen LogP contribution in [0.5, 0.6) is 11.5 Å². The van der Waals surface area contributed by atoms with Crippen LogP contribution in [0.2, 0.25) is 0 Å². The molecule has 0 saturated heterocycles. The van der Waals surface area contributed by atoms with Gasteiger partial charge in [0.15, 0.2) is 11.6 Å². The molecular formula is C27H23F2N5O4. The highest BCUT2D eigenvalue weighted by Gasteiger charge is 2.13. The highest BCUT2D eigenvalue weighted by molar-refractivity contribution is 6.00. The largest absolute Gasteiger partial charge is 0.454 e. The fourth-order valence-corrected chi connectivity index (χ4v) is 3.45. The van der Waals surface area contributed by atoms with Gasteiger partial charge in [-0.1, -0.05) is 6.07 Å². The third-order valence-electron chi connectivity index (χ3n) is 5.29. The van der Waals surface area contributed by atoms with Crippen LogP contribution in [-0.4, -0.2) is 34.7 Å². The van der Waals surface area contributed by atoms with Gasteiger partial charge in [-0.15, -0.1) is 0 Å². The maximum atomic E-state index is 14.7. The maximum absolute atomic E-state index is 14.7. The van der Waals surface area contributed by atoms with Gasteiger partial charge in [0, 0.05) is 43.2 Å². The number of nitrogens with one attached hydrogen (secondary N) is 4. The van der Waals surface area contributed by atoms with Crippen molar-refractivity contribution in [3.63, 3.8) is 0 Å². The second kappa shape index (κ2) is 11.8. The molecule has 4 N–H and O–H groups in total. The number of aromatic nitrogens is 2. The van der Waals surface area contributed by atoms with Crippen LogP contribution in [0.4, 0.5) is 25.0 Å². The van der Waals surface area contributed by atoms with Crippen LogP contribution >= 0.6 is 0 Å². The van der Waals surface area contributed by atoms with Crippen LogP contribution in [0.3, 0.4) is 0 Å². The highest BCUT2D eigenvalue weighted by Crippen LogP contribution is 2.29. The predicted molar refractivity (Wildman–Crippen MR) is 137 cm³/mol. The molecule has 0 fully saturated rings. The molecule has 0 atom stereocenters. The predicted octanol–water partition coefficient (Wildman–Crippen LogP) is 5.42. The van der Waals surface area contributed by atoms with Crippen LogP contribution in [-0.2, 0) is 4.79 Å². The van der Waals surface area contributed by atoms with E-state index in [1.807, 2.05) is 0 Å². The van der Waals surface area contributed by atoms with Crippen molar-refractivity contribution in [3.05, 3.63) is 89.8 Å². The van der Waals surface area contributed by atoms with Gasteiger partial charge in [0.1, 0.15) is 17.9 Å². The SMILES string of the molecule is Cc1ccc(F)c(NC(=O)Nc2ccc(Oc3ccnc(-c4cc(C(=O)NCCC=O)c[nH]4)c3)c(F)c2)c1. The van der Waals surface area contributed by atoms with Gasteiger partial charge in [-0.05, 0) is 48.9 Å². The average Bonchev–Trinajstić information content (AvgIpc) is 3.39. The monoisotopic (exact) mass is 519 g/mol. The average molecular weight is 520 g/mol. The number of ether oxygens (including phenoxy) is 1. The molecule has 0 bridgehead atoms. The van der Waals surface area contributed by atoms with Crippen LogP contribution < -0.4 is 20.7 Å². The molecule has 38 heavy (non-hydrogen) atoms. The summed E-state index contributed by atoms with van der Waals surface area (Å²) >= 11 is 0. The molecule has 0 saturated carbocycles. The van der Waals surface area contributed by atoms with Crippen molar-refractivity contribution in [2.45, 2.75) is 13.3 Å². The number of hydrogen-bond acceptors (Lipinski definition) is 5. The van der Waals surface area contributed by atoms with E-state index in [0.717, 1.165) is 17.9 Å². The van der Waals surface area contributed by atoms with Crippen molar-refractivity contribution in [3.8, 4) is 22.9 Å². The molecule has 0 aliphatic rings. The van der Waals surface area contributed by atoms with Gasteiger partial charge in [-0.25, -0.2) is 13.6 Å². The fraction of sp³-hybridized carbons (Fsp3) is 0.111. The van der Waals surface area contributed by atoms with Crippen molar-refractivity contribution in [1.29, 1.82) is 0 Å². The number of rotatable bonds is 9. The second-order valence-corrected chi connectivity index (χ2v) is 8.20. The number of nitrogens with zero attached hydrogens (tertiary/aromatic N) is 1. The summed E-state index contributed by atoms with van der Waals surface area (Å²) in [5.41, 5.74) is 2.26. The summed E-state index contributed by atoms with van der Waals surface area (Å²) in [4.78, 5) is 42.0. The van der Waals surface area contributed by atoms with Crippen molar-refractivity contribution >= 4 is 29.6 Å². The summed E-state index contributed by atoms with van der Waals surface area (Å²) in [5, 5.41) is 7.46. The summed E-state index contributed by atoms with van der Waals surface area (Å²) in [6.45, 7) is 2.00. The van der Waals surface area contributed by atoms with Crippen LogP contribution in [0.25, 0.3) is 11.4 Å². The van der Waals surface area contributed by atoms with E-state index in [2.05, 4.69) is 25.9 Å². The van der Waals surface area contributed by atoms with E-state index in [1.54, 1.807) is 25.1 Å². The zero-order valence-corrected chi connectivity index (χ0v) is 20.2. The minimum absolute atomic E-state index is 0.00383. The first-order valence-corrected chi connectivity index (χ1v) is 11.5. The molecule has 2 aromatic heterocycles. The van der Waals surface area contributed by atoms with Gasteiger partial charge in [0.25, 0.3) is 5.91 Å². The zero-order chi connectivity index (χ0) is 27.1. The van der Waals surface area contributed by atoms with Crippen molar-refractivity contribution in [2.24, 2.45) is 0 Å². The van der Waals surface area contributed by atoms with E-state index in [-0.39, 0.29) is 41.7 Å². The van der Waals surface area contributed by atoms with Crippen molar-refractivity contribution in [2.75, 3.05) is 17.2 Å². The molecule has 4 rings (SSSR count). The number of anilines is 2. The Hall–Kier alpha value is -5.06. The molecule has 3 amide bonds. The normalized spacial score (nSPS) is 10.5. The number of pyridine rings is 1. The molecule has 194 valence electrons. The zero-order valence-electron chi connectivity index (χ0n) is 20.2. The standard InChI is InChI=1S/C27H23F2N5O4/c1-16-3-5-20(28)22(11-16)34-27(37)33-18-4-6-25(21(29)13-18)38-19-7-9-30-24(14-19)23-12-17(15-32-23)26(36)31-8-2-10-35/h3-7,9-15,32H,2,8H2,1H3,(H,31,36)(H2,33,34,37). The van der Waals surface area contributed by atoms with Gasteiger partial charge < -0.3 is 30.5 Å². The number of H-pyrrole nitrogens is 1. The Morgan fingerprint density at radius 1 is 1.03 bits per heavy atom. The van der Waals surface area contributed by atoms with E-state index in [4.69, 9.17) is 4.74 Å². The van der Waals surface area contributed by atoms with Gasteiger partial charge in [-0.2, -0.15) is 0 Å². The summed E-state index contributed by atoms with van der Waals surface area (Å²) in [7, 11) is 0. The summed E-state index contributed by atoms with van der Waals surface area (Å²) in [6.07, 6.45) is 3.92. The minimum atomic E-state index is -0.739. The summed E-state index contributed by atoms with van der Waals surface area (Å²) in [6, 6.07) is 12.1. The number of aldehydes is 1. The van der Waals surface area contributed by atoms with Crippen LogP contribution in [0.15, 0.2) is 67.0 Å². The van der Waals surface area contributed by atoms with Gasteiger partial charge in [0.05, 0.1) is 22.6 Å². The van der Waals surface area contributed by atoms with Crippen molar-refractivity contribution in [1.82, 2.24) is 15.3 Å². The molecular weight excluding hydrogens is 496 g/mol. The number of halogens is 2. The first-order valence-electron chi connectivity index (χ1n) is 11.5. The van der Waals surface area contributed by atoms with Gasteiger partial charge >= 0.3 is 6.03 Å². The Kier molecular flexibility index (Phi) is 8.07. The van der Waals surface area contributed by atoms with Crippen LogP contribution in [0, 0.1) is 18.6 Å². The van der Waals surface area contributed by atoms with Gasteiger partial charge in [0.2, 0.25) is 0 Å². The third-order valence-corrected chi connectivity index (χ3v) is 5.29. The molecule has 11 heteroatoms. The highest BCUT2D eigenvalue weighted by atomic mass is 19.1. The number of carbonyl (C=O) groups is 3. The lowest BCUT2D eigenvalue weighted by atomic mass is 10.2. The van der Waals surface area contributed by atoms with E-state index in [9.17, 15) is 23.2 Å². The first-order chi connectivity index (χ1) is 18.3. The number of carbonyl (C=O) groups excluding carboxylic acids is 3. The van der Waals surface area contributed by atoms with E-state index in [1.165, 1.54) is 42.7 Å². The number of benzene rings is 2. The Morgan fingerprint density at radius 2 is 1.87 bits per heavy atom. The lowest BCUT2D eigenvalue weighted by Gasteiger charge is -2.11. The number of aromatic amines is 1. The Bertz CT molecular complexity index is 1490. The Morgan fingerprint density at radius 3 is 2.66 bits per heavy atom.